The van der Waals surface area contributed by atoms with Crippen LogP contribution in [0.2, 0.25) is 0 Å². The molecule has 0 radical (unpaired) electrons. The van der Waals surface area contributed by atoms with Crippen LogP contribution in [0.25, 0.3) is 0 Å². The second-order valence-corrected chi connectivity index (χ2v) is 6.07. The zero-order valence-electron chi connectivity index (χ0n) is 12.7. The van der Waals surface area contributed by atoms with Gasteiger partial charge < -0.3 is 9.80 Å². The summed E-state index contributed by atoms with van der Waals surface area (Å²) in [5.41, 5.74) is -0.990. The summed E-state index contributed by atoms with van der Waals surface area (Å²) >= 11 is 0. The van der Waals surface area contributed by atoms with Crippen LogP contribution in [0.5, 0.6) is 0 Å². The SMILES string of the molecule is O=C(C1CCCC1)N1CCN(c2ccc(C(F)(F)F)nn2)CC1. The van der Waals surface area contributed by atoms with Gasteiger partial charge in [0.2, 0.25) is 5.91 Å². The molecular formula is C15H19F3N4O. The standard InChI is InChI=1S/C15H19F3N4O/c16-15(17,18)12-5-6-13(20-19-12)21-7-9-22(10-8-21)14(23)11-3-1-2-4-11/h5-6,11H,1-4,7-10H2. The average molecular weight is 328 g/mol. The topological polar surface area (TPSA) is 49.3 Å². The maximum Gasteiger partial charge on any atom is 0.435 e. The van der Waals surface area contributed by atoms with Crippen LogP contribution in [0, 0.1) is 5.92 Å². The number of hydrogen-bond donors (Lipinski definition) is 0. The van der Waals surface area contributed by atoms with Gasteiger partial charge in [0.05, 0.1) is 0 Å². The maximum absolute atomic E-state index is 12.5. The molecule has 23 heavy (non-hydrogen) atoms. The molecule has 0 N–H and O–H groups in total. The number of carbonyl (C=O) groups is 1. The number of amides is 1. The number of alkyl halides is 3. The van der Waals surface area contributed by atoms with Crippen molar-refractivity contribution in [2.45, 2.75) is 31.9 Å². The van der Waals surface area contributed by atoms with Gasteiger partial charge in [-0.1, -0.05) is 12.8 Å². The Morgan fingerprint density at radius 1 is 1.04 bits per heavy atom. The first kappa shape index (κ1) is 16.0. The molecule has 0 spiro atoms. The van der Waals surface area contributed by atoms with Gasteiger partial charge in [-0.25, -0.2) is 0 Å². The molecule has 1 amide bonds. The Balaban J connectivity index is 1.57. The Morgan fingerprint density at radius 2 is 1.70 bits per heavy atom. The maximum atomic E-state index is 12.5. The van der Waals surface area contributed by atoms with Gasteiger partial charge in [-0.3, -0.25) is 4.79 Å². The van der Waals surface area contributed by atoms with Crippen LogP contribution >= 0.6 is 0 Å². The second kappa shape index (κ2) is 6.33. The summed E-state index contributed by atoms with van der Waals surface area (Å²) in [4.78, 5) is 16.1. The van der Waals surface area contributed by atoms with Crippen molar-refractivity contribution >= 4 is 11.7 Å². The number of rotatable bonds is 2. The molecule has 0 bridgehead atoms. The van der Waals surface area contributed by atoms with Crippen molar-refractivity contribution in [1.82, 2.24) is 15.1 Å². The molecule has 0 unspecified atom stereocenters. The van der Waals surface area contributed by atoms with Gasteiger partial charge in [0.1, 0.15) is 0 Å². The lowest BCUT2D eigenvalue weighted by Gasteiger charge is -2.36. The van der Waals surface area contributed by atoms with Gasteiger partial charge in [-0.15, -0.1) is 10.2 Å². The van der Waals surface area contributed by atoms with Crippen molar-refractivity contribution in [1.29, 1.82) is 0 Å². The third kappa shape index (κ3) is 3.56. The van der Waals surface area contributed by atoms with Gasteiger partial charge in [0.25, 0.3) is 0 Å². The molecule has 1 aromatic rings. The second-order valence-electron chi connectivity index (χ2n) is 6.07. The van der Waals surface area contributed by atoms with E-state index in [1.54, 1.807) is 0 Å². The minimum atomic E-state index is -4.47. The Bertz CT molecular complexity index is 547. The van der Waals surface area contributed by atoms with Gasteiger partial charge in [-0.05, 0) is 25.0 Å². The van der Waals surface area contributed by atoms with E-state index in [4.69, 9.17) is 0 Å². The number of aromatic nitrogens is 2. The number of hydrogen-bond acceptors (Lipinski definition) is 4. The normalized spacial score (nSPS) is 20.1. The minimum absolute atomic E-state index is 0.160. The lowest BCUT2D eigenvalue weighted by atomic mass is 10.1. The third-order valence-corrected chi connectivity index (χ3v) is 4.56. The summed E-state index contributed by atoms with van der Waals surface area (Å²) in [6.45, 7) is 2.30. The highest BCUT2D eigenvalue weighted by atomic mass is 19.4. The largest absolute Gasteiger partial charge is 0.435 e. The smallest absolute Gasteiger partial charge is 0.352 e. The molecule has 2 heterocycles. The predicted octanol–water partition coefficient (Wildman–Crippen LogP) is 2.33. The molecule has 1 saturated carbocycles. The van der Waals surface area contributed by atoms with Crippen molar-refractivity contribution in [2.75, 3.05) is 31.1 Å². The lowest BCUT2D eigenvalue weighted by Crippen LogP contribution is -2.50. The predicted molar refractivity (Wildman–Crippen MR) is 77.8 cm³/mol. The van der Waals surface area contributed by atoms with Gasteiger partial charge in [0.15, 0.2) is 11.5 Å². The summed E-state index contributed by atoms with van der Waals surface area (Å²) in [5, 5.41) is 6.91. The molecule has 1 aliphatic carbocycles. The molecule has 126 valence electrons. The fraction of sp³-hybridized carbons (Fsp3) is 0.667. The average Bonchev–Trinajstić information content (AvgIpc) is 3.08. The third-order valence-electron chi connectivity index (χ3n) is 4.56. The van der Waals surface area contributed by atoms with Crippen molar-refractivity contribution in [2.24, 2.45) is 5.92 Å². The molecule has 2 aliphatic rings. The van der Waals surface area contributed by atoms with E-state index >= 15 is 0 Å². The monoisotopic (exact) mass is 328 g/mol. The van der Waals surface area contributed by atoms with E-state index in [9.17, 15) is 18.0 Å². The molecular weight excluding hydrogens is 309 g/mol. The minimum Gasteiger partial charge on any atom is -0.352 e. The Hall–Kier alpha value is -1.86. The van der Waals surface area contributed by atoms with E-state index < -0.39 is 11.9 Å². The van der Waals surface area contributed by atoms with Crippen LogP contribution in [0.1, 0.15) is 31.4 Å². The molecule has 1 aromatic heterocycles. The highest BCUT2D eigenvalue weighted by Crippen LogP contribution is 2.29. The van der Waals surface area contributed by atoms with Crippen LogP contribution in [-0.2, 0) is 11.0 Å². The molecule has 0 atom stereocenters. The van der Waals surface area contributed by atoms with Gasteiger partial charge >= 0.3 is 6.18 Å². The first-order valence-corrected chi connectivity index (χ1v) is 7.90. The Morgan fingerprint density at radius 3 is 2.22 bits per heavy atom. The fourth-order valence-electron chi connectivity index (χ4n) is 3.23. The molecule has 2 fully saturated rings. The fourth-order valence-corrected chi connectivity index (χ4v) is 3.23. The summed E-state index contributed by atoms with van der Waals surface area (Å²) in [5.74, 6) is 0.805. The first-order chi connectivity index (χ1) is 10.9. The highest BCUT2D eigenvalue weighted by molar-refractivity contribution is 5.79. The Labute approximate surface area is 132 Å². The van der Waals surface area contributed by atoms with E-state index in [1.807, 2.05) is 9.80 Å². The zero-order chi connectivity index (χ0) is 16.4. The molecule has 5 nitrogen and oxygen atoms in total. The van der Waals surface area contributed by atoms with Crippen molar-refractivity contribution < 1.29 is 18.0 Å². The summed E-state index contributed by atoms with van der Waals surface area (Å²) in [6, 6.07) is 2.28. The summed E-state index contributed by atoms with van der Waals surface area (Å²) < 4.78 is 37.5. The lowest BCUT2D eigenvalue weighted by molar-refractivity contribution is -0.141. The van der Waals surface area contributed by atoms with Crippen LogP contribution in [-0.4, -0.2) is 47.2 Å². The van der Waals surface area contributed by atoms with Crippen LogP contribution in [0.15, 0.2) is 12.1 Å². The summed E-state index contributed by atoms with van der Waals surface area (Å²) in [6.07, 6.45) is -0.278. The van der Waals surface area contributed by atoms with E-state index in [0.29, 0.717) is 32.0 Å². The quantitative estimate of drug-likeness (QED) is 0.836. The summed E-state index contributed by atoms with van der Waals surface area (Å²) in [7, 11) is 0. The molecule has 0 aromatic carbocycles. The van der Waals surface area contributed by atoms with E-state index in [-0.39, 0.29) is 11.8 Å². The van der Waals surface area contributed by atoms with Crippen LogP contribution in [0.3, 0.4) is 0 Å². The first-order valence-electron chi connectivity index (χ1n) is 7.90. The van der Waals surface area contributed by atoms with E-state index in [0.717, 1.165) is 31.7 Å². The van der Waals surface area contributed by atoms with Gasteiger partial charge in [0, 0.05) is 32.1 Å². The van der Waals surface area contributed by atoms with Gasteiger partial charge in [-0.2, -0.15) is 13.2 Å². The number of piperazine rings is 1. The van der Waals surface area contributed by atoms with Crippen molar-refractivity contribution in [3.8, 4) is 0 Å². The number of halogens is 3. The highest BCUT2D eigenvalue weighted by Gasteiger charge is 2.33. The molecule has 3 rings (SSSR count). The zero-order valence-corrected chi connectivity index (χ0v) is 12.7. The number of nitrogens with zero attached hydrogens (tertiary/aromatic N) is 4. The molecule has 1 aliphatic heterocycles. The number of carbonyl (C=O) groups excluding carboxylic acids is 1. The van der Waals surface area contributed by atoms with Crippen LogP contribution < -0.4 is 4.90 Å². The van der Waals surface area contributed by atoms with Crippen molar-refractivity contribution in [3.05, 3.63) is 17.8 Å². The van der Waals surface area contributed by atoms with E-state index in [2.05, 4.69) is 10.2 Å². The van der Waals surface area contributed by atoms with Crippen molar-refractivity contribution in [3.63, 3.8) is 0 Å². The molecule has 1 saturated heterocycles. The molecule has 8 heteroatoms. The van der Waals surface area contributed by atoms with E-state index in [1.165, 1.54) is 6.07 Å². The van der Waals surface area contributed by atoms with Crippen LogP contribution in [0.4, 0.5) is 19.0 Å². The number of anilines is 1. The Kier molecular flexibility index (Phi) is 4.41.